The van der Waals surface area contributed by atoms with Crippen LogP contribution in [0.25, 0.3) is 0 Å². The van der Waals surface area contributed by atoms with E-state index in [0.717, 1.165) is 11.1 Å². The predicted molar refractivity (Wildman–Crippen MR) is 89.0 cm³/mol. The Morgan fingerprint density at radius 2 is 1.58 bits per heavy atom. The van der Waals surface area contributed by atoms with Crippen molar-refractivity contribution in [2.24, 2.45) is 5.92 Å². The van der Waals surface area contributed by atoms with Gasteiger partial charge in [0.05, 0.1) is 17.6 Å². The van der Waals surface area contributed by atoms with E-state index in [9.17, 15) is 9.59 Å². The highest BCUT2D eigenvalue weighted by Gasteiger charge is 2.59. The van der Waals surface area contributed by atoms with Crippen LogP contribution in [0.15, 0.2) is 54.6 Å². The Morgan fingerprint density at radius 3 is 2.25 bits per heavy atom. The second-order valence-electron chi connectivity index (χ2n) is 6.30. The molecule has 2 fully saturated rings. The molecule has 3 atom stereocenters. The highest BCUT2D eigenvalue weighted by Crippen LogP contribution is 2.44. The maximum atomic E-state index is 13.0. The van der Waals surface area contributed by atoms with Crippen molar-refractivity contribution in [2.75, 3.05) is 11.9 Å². The lowest BCUT2D eigenvalue weighted by atomic mass is 9.90. The molecule has 0 bridgehead atoms. The molecule has 5 heteroatoms. The number of nitrogens with zero attached hydrogens (tertiary/aromatic N) is 2. The first-order valence-corrected chi connectivity index (χ1v) is 7.97. The van der Waals surface area contributed by atoms with E-state index in [-0.39, 0.29) is 17.9 Å². The quantitative estimate of drug-likeness (QED) is 0.797. The Morgan fingerprint density at radius 1 is 0.917 bits per heavy atom. The fourth-order valence-corrected chi connectivity index (χ4v) is 3.56. The van der Waals surface area contributed by atoms with E-state index in [1.165, 1.54) is 4.90 Å². The average molecular weight is 322 g/mol. The first kappa shape index (κ1) is 15.1. The van der Waals surface area contributed by atoms with E-state index in [2.05, 4.69) is 0 Å². The van der Waals surface area contributed by atoms with E-state index < -0.39 is 12.0 Å². The van der Waals surface area contributed by atoms with Gasteiger partial charge in [0.2, 0.25) is 5.91 Å². The minimum Gasteiger partial charge on any atom is -0.284 e. The lowest BCUT2D eigenvalue weighted by Gasteiger charge is -2.24. The number of hydroxylamine groups is 2. The molecule has 122 valence electrons. The van der Waals surface area contributed by atoms with Gasteiger partial charge < -0.3 is 0 Å². The van der Waals surface area contributed by atoms with Crippen molar-refractivity contribution in [1.82, 2.24) is 5.06 Å². The fraction of sp³-hybridized carbons (Fsp3) is 0.263. The summed E-state index contributed by atoms with van der Waals surface area (Å²) in [6.07, 6.45) is -0.756. The van der Waals surface area contributed by atoms with Gasteiger partial charge in [-0.3, -0.25) is 14.4 Å². The predicted octanol–water partition coefficient (Wildman–Crippen LogP) is 2.47. The summed E-state index contributed by atoms with van der Waals surface area (Å²) in [7, 11) is 1.77. The number of para-hydroxylation sites is 1. The van der Waals surface area contributed by atoms with Crippen molar-refractivity contribution in [1.29, 1.82) is 0 Å². The van der Waals surface area contributed by atoms with Crippen LogP contribution in [0.4, 0.5) is 5.69 Å². The zero-order valence-electron chi connectivity index (χ0n) is 13.5. The standard InChI is InChI=1S/C19H18N2O3/c1-12-8-10-13(11-9-12)16-15-17(24-20(16)2)19(23)21(18(15)22)14-6-4-3-5-7-14/h3-11,15-17H,1-2H3/t15-,16+,17+/m0/s1. The monoisotopic (exact) mass is 322 g/mol. The maximum Gasteiger partial charge on any atom is 0.265 e. The molecule has 2 heterocycles. The normalized spacial score (nSPS) is 26.9. The highest BCUT2D eigenvalue weighted by atomic mass is 16.7. The molecule has 0 spiro atoms. The van der Waals surface area contributed by atoms with Crippen LogP contribution >= 0.6 is 0 Å². The van der Waals surface area contributed by atoms with Gasteiger partial charge in [-0.1, -0.05) is 48.0 Å². The van der Waals surface area contributed by atoms with E-state index in [1.54, 1.807) is 24.2 Å². The molecule has 0 saturated carbocycles. The molecule has 0 aliphatic carbocycles. The van der Waals surface area contributed by atoms with Gasteiger partial charge in [-0.25, -0.2) is 4.90 Å². The van der Waals surface area contributed by atoms with Crippen LogP contribution in [0.2, 0.25) is 0 Å². The first-order valence-electron chi connectivity index (χ1n) is 7.97. The average Bonchev–Trinajstić information content (AvgIpc) is 3.04. The number of aryl methyl sites for hydroxylation is 1. The molecule has 5 nitrogen and oxygen atoms in total. The smallest absolute Gasteiger partial charge is 0.265 e. The molecule has 0 aromatic heterocycles. The molecular formula is C19H18N2O3. The SMILES string of the molecule is Cc1ccc([C@@H]2[C@@H]3C(=O)N(c4ccccc4)C(=O)[C@@H]3ON2C)cc1. The lowest BCUT2D eigenvalue weighted by Crippen LogP contribution is -2.36. The Balaban J connectivity index is 1.72. The summed E-state index contributed by atoms with van der Waals surface area (Å²) in [6.45, 7) is 2.02. The summed E-state index contributed by atoms with van der Waals surface area (Å²) in [6, 6.07) is 16.7. The Labute approximate surface area is 140 Å². The van der Waals surface area contributed by atoms with Gasteiger partial charge in [-0.05, 0) is 24.6 Å². The van der Waals surface area contributed by atoms with Gasteiger partial charge in [-0.2, -0.15) is 5.06 Å². The number of carbonyl (C=O) groups is 2. The van der Waals surface area contributed by atoms with Crippen LogP contribution in [0.3, 0.4) is 0 Å². The molecule has 0 N–H and O–H groups in total. The minimum atomic E-state index is -0.756. The zero-order chi connectivity index (χ0) is 16.8. The number of amides is 2. The molecule has 2 aliphatic heterocycles. The molecule has 0 unspecified atom stereocenters. The van der Waals surface area contributed by atoms with Gasteiger partial charge >= 0.3 is 0 Å². The van der Waals surface area contributed by atoms with E-state index in [1.807, 2.05) is 49.4 Å². The van der Waals surface area contributed by atoms with Gasteiger partial charge in [0.1, 0.15) is 0 Å². The fourth-order valence-electron chi connectivity index (χ4n) is 3.56. The zero-order valence-corrected chi connectivity index (χ0v) is 13.5. The van der Waals surface area contributed by atoms with E-state index in [0.29, 0.717) is 5.69 Å². The summed E-state index contributed by atoms with van der Waals surface area (Å²) in [4.78, 5) is 32.7. The van der Waals surface area contributed by atoms with Crippen LogP contribution in [0.5, 0.6) is 0 Å². The molecule has 2 aromatic carbocycles. The molecule has 2 amide bonds. The number of hydrogen-bond acceptors (Lipinski definition) is 4. The van der Waals surface area contributed by atoms with Crippen LogP contribution in [0.1, 0.15) is 17.2 Å². The second-order valence-corrected chi connectivity index (χ2v) is 6.30. The van der Waals surface area contributed by atoms with E-state index in [4.69, 9.17) is 4.84 Å². The van der Waals surface area contributed by atoms with Crippen LogP contribution in [-0.4, -0.2) is 30.0 Å². The molecule has 2 aliphatic rings. The third kappa shape index (κ3) is 2.17. The molecular weight excluding hydrogens is 304 g/mol. The lowest BCUT2D eigenvalue weighted by molar-refractivity contribution is -0.160. The van der Waals surface area contributed by atoms with Gasteiger partial charge in [0.15, 0.2) is 6.10 Å². The molecule has 24 heavy (non-hydrogen) atoms. The summed E-state index contributed by atoms with van der Waals surface area (Å²) in [5.41, 5.74) is 2.72. The number of anilines is 1. The highest BCUT2D eigenvalue weighted by molar-refractivity contribution is 6.23. The summed E-state index contributed by atoms with van der Waals surface area (Å²) in [5.74, 6) is -1.02. The molecule has 2 aromatic rings. The largest absolute Gasteiger partial charge is 0.284 e. The van der Waals surface area contributed by atoms with Gasteiger partial charge in [0.25, 0.3) is 5.91 Å². The van der Waals surface area contributed by atoms with Crippen molar-refractivity contribution in [2.45, 2.75) is 19.1 Å². The summed E-state index contributed by atoms with van der Waals surface area (Å²) < 4.78 is 0. The Kier molecular flexibility index (Phi) is 3.48. The third-order valence-electron chi connectivity index (χ3n) is 4.74. The molecule has 2 saturated heterocycles. The van der Waals surface area contributed by atoms with Crippen molar-refractivity contribution in [3.63, 3.8) is 0 Å². The van der Waals surface area contributed by atoms with Crippen molar-refractivity contribution >= 4 is 17.5 Å². The molecule has 4 rings (SSSR count). The van der Waals surface area contributed by atoms with Crippen molar-refractivity contribution in [3.8, 4) is 0 Å². The second kappa shape index (κ2) is 5.54. The van der Waals surface area contributed by atoms with Crippen LogP contribution in [-0.2, 0) is 14.4 Å². The number of imide groups is 1. The van der Waals surface area contributed by atoms with Gasteiger partial charge in [0, 0.05) is 7.05 Å². The Bertz CT molecular complexity index is 788. The molecule has 0 radical (unpaired) electrons. The number of hydrogen-bond donors (Lipinski definition) is 0. The summed E-state index contributed by atoms with van der Waals surface area (Å²) in [5, 5.41) is 1.64. The van der Waals surface area contributed by atoms with Crippen molar-refractivity contribution in [3.05, 3.63) is 65.7 Å². The van der Waals surface area contributed by atoms with E-state index >= 15 is 0 Å². The van der Waals surface area contributed by atoms with Crippen LogP contribution < -0.4 is 4.90 Å². The van der Waals surface area contributed by atoms with Crippen molar-refractivity contribution < 1.29 is 14.4 Å². The van der Waals surface area contributed by atoms with Crippen LogP contribution in [0, 0.1) is 12.8 Å². The third-order valence-corrected chi connectivity index (χ3v) is 4.74. The number of benzene rings is 2. The number of fused-ring (bicyclic) bond motifs is 1. The summed E-state index contributed by atoms with van der Waals surface area (Å²) >= 11 is 0. The topological polar surface area (TPSA) is 49.9 Å². The minimum absolute atomic E-state index is 0.203. The van der Waals surface area contributed by atoms with Gasteiger partial charge in [-0.15, -0.1) is 0 Å². The number of carbonyl (C=O) groups excluding carboxylic acids is 2. The Hall–Kier alpha value is -2.50. The maximum absolute atomic E-state index is 13.0. The first-order chi connectivity index (χ1) is 11.6. The number of rotatable bonds is 2.